The second kappa shape index (κ2) is 5.26. The maximum absolute atomic E-state index is 12.8. The van der Waals surface area contributed by atoms with Gasteiger partial charge < -0.3 is 5.32 Å². The zero-order chi connectivity index (χ0) is 14.9. The Morgan fingerprint density at radius 1 is 1.35 bits per heavy atom. The van der Waals surface area contributed by atoms with Crippen molar-refractivity contribution < 1.29 is 22.4 Å². The van der Waals surface area contributed by atoms with Crippen molar-refractivity contribution in [2.24, 2.45) is 5.92 Å². The standard InChI is InChI=1S/C14H13F4NO/c1-19-11-6-9(7-15)13(20)12(11)8-3-2-4-10(5-8)14(16,17)18/h2-5,9,19H,6-7H2,1H3. The molecule has 0 amide bonds. The molecule has 0 saturated carbocycles. The molecule has 1 aliphatic rings. The van der Waals surface area contributed by atoms with Crippen LogP contribution in [-0.4, -0.2) is 19.5 Å². The molecule has 0 aliphatic heterocycles. The summed E-state index contributed by atoms with van der Waals surface area (Å²) in [7, 11) is 1.57. The van der Waals surface area contributed by atoms with Crippen molar-refractivity contribution >= 4 is 11.4 Å². The van der Waals surface area contributed by atoms with Crippen LogP contribution in [0.1, 0.15) is 17.5 Å². The van der Waals surface area contributed by atoms with Gasteiger partial charge in [0.05, 0.1) is 18.2 Å². The number of carbonyl (C=O) groups is 1. The highest BCUT2D eigenvalue weighted by atomic mass is 19.4. The highest BCUT2D eigenvalue weighted by Crippen LogP contribution is 2.36. The van der Waals surface area contributed by atoms with E-state index < -0.39 is 30.1 Å². The fourth-order valence-electron chi connectivity index (χ4n) is 2.31. The van der Waals surface area contributed by atoms with Gasteiger partial charge in [-0.1, -0.05) is 12.1 Å². The van der Waals surface area contributed by atoms with Gasteiger partial charge in [-0.15, -0.1) is 0 Å². The Morgan fingerprint density at radius 3 is 2.60 bits per heavy atom. The molecule has 2 rings (SSSR count). The average molecular weight is 287 g/mol. The van der Waals surface area contributed by atoms with Gasteiger partial charge >= 0.3 is 6.18 Å². The third-order valence-electron chi connectivity index (χ3n) is 3.34. The van der Waals surface area contributed by atoms with Crippen molar-refractivity contribution in [2.75, 3.05) is 13.7 Å². The summed E-state index contributed by atoms with van der Waals surface area (Å²) in [6.07, 6.45) is -4.28. The summed E-state index contributed by atoms with van der Waals surface area (Å²) in [4.78, 5) is 12.0. The molecule has 0 fully saturated rings. The van der Waals surface area contributed by atoms with Gasteiger partial charge in [-0.2, -0.15) is 13.2 Å². The number of rotatable bonds is 3. The van der Waals surface area contributed by atoms with E-state index >= 15 is 0 Å². The number of allylic oxidation sites excluding steroid dienone is 2. The number of ketones is 1. The van der Waals surface area contributed by atoms with Crippen molar-refractivity contribution in [1.82, 2.24) is 5.32 Å². The molecule has 20 heavy (non-hydrogen) atoms. The summed E-state index contributed by atoms with van der Waals surface area (Å²) in [5.41, 5.74) is -0.0159. The van der Waals surface area contributed by atoms with Gasteiger partial charge in [-0.05, 0) is 17.7 Å². The lowest BCUT2D eigenvalue weighted by atomic mass is 9.98. The zero-order valence-electron chi connectivity index (χ0n) is 10.7. The van der Waals surface area contributed by atoms with Crippen molar-refractivity contribution in [3.8, 4) is 0 Å². The molecule has 0 saturated heterocycles. The Hall–Kier alpha value is -1.85. The van der Waals surface area contributed by atoms with E-state index in [0.717, 1.165) is 12.1 Å². The molecule has 6 heteroatoms. The molecule has 0 spiro atoms. The first-order valence-electron chi connectivity index (χ1n) is 6.07. The Morgan fingerprint density at radius 2 is 2.05 bits per heavy atom. The van der Waals surface area contributed by atoms with E-state index in [1.54, 1.807) is 7.05 Å². The monoisotopic (exact) mass is 287 g/mol. The highest BCUT2D eigenvalue weighted by Gasteiger charge is 2.35. The molecule has 1 unspecified atom stereocenters. The lowest BCUT2D eigenvalue weighted by molar-refractivity contribution is -0.137. The molecule has 1 aromatic rings. The molecule has 108 valence electrons. The van der Waals surface area contributed by atoms with Crippen LogP contribution in [0.2, 0.25) is 0 Å². The first kappa shape index (κ1) is 14.6. The Kier molecular flexibility index (Phi) is 3.83. The SMILES string of the molecule is CNC1=C(c2cccc(C(F)(F)F)c2)C(=O)C(CF)C1. The van der Waals surface area contributed by atoms with Crippen LogP contribution < -0.4 is 5.32 Å². The Labute approximate surface area is 113 Å². The van der Waals surface area contributed by atoms with Gasteiger partial charge in [0, 0.05) is 24.7 Å². The molecular weight excluding hydrogens is 274 g/mol. The van der Waals surface area contributed by atoms with Crippen LogP contribution in [0.5, 0.6) is 0 Å². The second-order valence-corrected chi connectivity index (χ2v) is 4.60. The van der Waals surface area contributed by atoms with Crippen LogP contribution in [0.3, 0.4) is 0 Å². The first-order chi connectivity index (χ1) is 9.38. The smallest absolute Gasteiger partial charge is 0.391 e. The van der Waals surface area contributed by atoms with Gasteiger partial charge in [0.15, 0.2) is 5.78 Å². The molecule has 1 N–H and O–H groups in total. The maximum atomic E-state index is 12.8. The normalized spacial score (nSPS) is 19.6. The van der Waals surface area contributed by atoms with E-state index in [-0.39, 0.29) is 17.6 Å². The maximum Gasteiger partial charge on any atom is 0.416 e. The fourth-order valence-corrected chi connectivity index (χ4v) is 2.31. The number of halogens is 4. The van der Waals surface area contributed by atoms with E-state index in [9.17, 15) is 22.4 Å². The number of hydrogen-bond donors (Lipinski definition) is 1. The largest absolute Gasteiger partial charge is 0.416 e. The topological polar surface area (TPSA) is 29.1 Å². The minimum absolute atomic E-state index is 0.154. The van der Waals surface area contributed by atoms with Crippen molar-refractivity contribution in [3.05, 3.63) is 41.1 Å². The van der Waals surface area contributed by atoms with E-state index in [0.29, 0.717) is 5.70 Å². The number of carbonyl (C=O) groups excluding carboxylic acids is 1. The number of hydrogen-bond acceptors (Lipinski definition) is 2. The summed E-state index contributed by atoms with van der Waals surface area (Å²) >= 11 is 0. The molecule has 0 radical (unpaired) electrons. The summed E-state index contributed by atoms with van der Waals surface area (Å²) in [5.74, 6) is -1.25. The van der Waals surface area contributed by atoms with Crippen LogP contribution >= 0.6 is 0 Å². The lowest BCUT2D eigenvalue weighted by Gasteiger charge is -2.10. The molecule has 0 heterocycles. The molecule has 1 aliphatic carbocycles. The third kappa shape index (κ3) is 2.55. The third-order valence-corrected chi connectivity index (χ3v) is 3.34. The zero-order valence-corrected chi connectivity index (χ0v) is 10.7. The Bertz CT molecular complexity index is 563. The fraction of sp³-hybridized carbons (Fsp3) is 0.357. The summed E-state index contributed by atoms with van der Waals surface area (Å²) in [6, 6.07) is 4.54. The van der Waals surface area contributed by atoms with Crippen LogP contribution in [0, 0.1) is 5.92 Å². The first-order valence-corrected chi connectivity index (χ1v) is 6.07. The minimum Gasteiger partial charge on any atom is -0.391 e. The second-order valence-electron chi connectivity index (χ2n) is 4.60. The lowest BCUT2D eigenvalue weighted by Crippen LogP contribution is -2.12. The van der Waals surface area contributed by atoms with Crippen molar-refractivity contribution in [3.63, 3.8) is 0 Å². The van der Waals surface area contributed by atoms with E-state index in [4.69, 9.17) is 0 Å². The van der Waals surface area contributed by atoms with Gasteiger partial charge in [0.1, 0.15) is 0 Å². The summed E-state index contributed by atoms with van der Waals surface area (Å²) in [6.45, 7) is -0.813. The predicted molar refractivity (Wildman–Crippen MR) is 66.5 cm³/mol. The molecule has 0 bridgehead atoms. The molecule has 1 atom stereocenters. The van der Waals surface area contributed by atoms with Crippen LogP contribution in [0.25, 0.3) is 5.57 Å². The van der Waals surface area contributed by atoms with Crippen LogP contribution in [0.4, 0.5) is 17.6 Å². The van der Waals surface area contributed by atoms with E-state index in [1.807, 2.05) is 0 Å². The quantitative estimate of drug-likeness (QED) is 0.865. The van der Waals surface area contributed by atoms with Gasteiger partial charge in [-0.25, -0.2) is 0 Å². The van der Waals surface area contributed by atoms with Gasteiger partial charge in [-0.3, -0.25) is 9.18 Å². The van der Waals surface area contributed by atoms with Gasteiger partial charge in [0.2, 0.25) is 0 Å². The minimum atomic E-state index is -4.47. The number of benzene rings is 1. The number of alkyl halides is 4. The van der Waals surface area contributed by atoms with Crippen LogP contribution in [-0.2, 0) is 11.0 Å². The molecule has 2 nitrogen and oxygen atoms in total. The van der Waals surface area contributed by atoms with Crippen LogP contribution in [0.15, 0.2) is 30.0 Å². The molecular formula is C14H13F4NO. The highest BCUT2D eigenvalue weighted by molar-refractivity contribution is 6.24. The number of nitrogens with one attached hydrogen (secondary N) is 1. The molecule has 1 aromatic carbocycles. The summed E-state index contributed by atoms with van der Waals surface area (Å²) < 4.78 is 50.9. The Balaban J connectivity index is 2.47. The number of Topliss-reactive ketones (excluding diaryl/α,β-unsaturated/α-hetero) is 1. The molecule has 0 aromatic heterocycles. The average Bonchev–Trinajstić information content (AvgIpc) is 2.74. The van der Waals surface area contributed by atoms with Gasteiger partial charge in [0.25, 0.3) is 0 Å². The van der Waals surface area contributed by atoms with E-state index in [1.165, 1.54) is 12.1 Å². The predicted octanol–water partition coefficient (Wildman–Crippen LogP) is 3.19. The van der Waals surface area contributed by atoms with E-state index in [2.05, 4.69) is 5.32 Å². The van der Waals surface area contributed by atoms with Crippen molar-refractivity contribution in [1.29, 1.82) is 0 Å². The van der Waals surface area contributed by atoms with Crippen molar-refractivity contribution in [2.45, 2.75) is 12.6 Å². The summed E-state index contributed by atoms with van der Waals surface area (Å²) in [5, 5.41) is 2.78.